The van der Waals surface area contributed by atoms with Gasteiger partial charge in [0.2, 0.25) is 0 Å². The highest BCUT2D eigenvalue weighted by Gasteiger charge is 2.30. The Hall–Kier alpha value is -2.10. The second-order valence-electron chi connectivity index (χ2n) is 4.53. The Morgan fingerprint density at radius 2 is 1.75 bits per heavy atom. The number of nitrogens with zero attached hydrogens (tertiary/aromatic N) is 1. The first-order chi connectivity index (χ1) is 9.47. The summed E-state index contributed by atoms with van der Waals surface area (Å²) in [6, 6.07) is 12.2. The minimum Gasteiger partial charge on any atom is -0.260 e. The van der Waals surface area contributed by atoms with E-state index >= 15 is 0 Å². The van der Waals surface area contributed by atoms with E-state index in [9.17, 15) is 13.2 Å². The van der Waals surface area contributed by atoms with Crippen LogP contribution in [0.3, 0.4) is 0 Å². The average molecular weight is 277 g/mol. The Morgan fingerprint density at radius 3 is 2.30 bits per heavy atom. The van der Waals surface area contributed by atoms with E-state index < -0.39 is 11.7 Å². The van der Waals surface area contributed by atoms with Crippen LogP contribution in [0.2, 0.25) is 0 Å². The molecule has 0 saturated carbocycles. The van der Waals surface area contributed by atoms with E-state index in [4.69, 9.17) is 0 Å². The topological polar surface area (TPSA) is 12.9 Å². The van der Waals surface area contributed by atoms with E-state index in [2.05, 4.69) is 4.98 Å². The summed E-state index contributed by atoms with van der Waals surface area (Å²) in [5.41, 5.74) is 0.942. The maximum absolute atomic E-state index is 12.4. The molecule has 0 radical (unpaired) electrons. The van der Waals surface area contributed by atoms with Crippen LogP contribution >= 0.6 is 0 Å². The number of aromatic nitrogens is 1. The van der Waals surface area contributed by atoms with Gasteiger partial charge in [0, 0.05) is 17.8 Å². The lowest BCUT2D eigenvalue weighted by Gasteiger charge is -2.09. The largest absolute Gasteiger partial charge is 0.417 e. The van der Waals surface area contributed by atoms with Crippen molar-refractivity contribution in [1.29, 1.82) is 0 Å². The van der Waals surface area contributed by atoms with Gasteiger partial charge in [0.15, 0.2) is 0 Å². The molecular weight excluding hydrogens is 263 g/mol. The first-order valence-corrected chi connectivity index (χ1v) is 6.23. The van der Waals surface area contributed by atoms with Crippen LogP contribution in [-0.4, -0.2) is 4.98 Å². The molecule has 1 heterocycles. The zero-order valence-corrected chi connectivity index (χ0v) is 10.9. The highest BCUT2D eigenvalue weighted by Crippen LogP contribution is 2.29. The van der Waals surface area contributed by atoms with Gasteiger partial charge < -0.3 is 0 Å². The predicted molar refractivity (Wildman–Crippen MR) is 73.1 cm³/mol. The molecule has 0 N–H and O–H groups in total. The van der Waals surface area contributed by atoms with Crippen LogP contribution in [-0.2, 0) is 6.18 Å². The van der Waals surface area contributed by atoms with Crippen LogP contribution in [0.1, 0.15) is 29.7 Å². The van der Waals surface area contributed by atoms with Gasteiger partial charge >= 0.3 is 6.18 Å². The minimum absolute atomic E-state index is 0.0440. The van der Waals surface area contributed by atoms with E-state index in [0.717, 1.165) is 17.8 Å². The van der Waals surface area contributed by atoms with Crippen LogP contribution < -0.4 is 0 Å². The van der Waals surface area contributed by atoms with Crippen molar-refractivity contribution in [2.75, 3.05) is 0 Å². The summed E-state index contributed by atoms with van der Waals surface area (Å²) in [6.45, 7) is 1.90. The molecule has 0 aliphatic heterocycles. The van der Waals surface area contributed by atoms with Crippen molar-refractivity contribution in [2.45, 2.75) is 19.0 Å². The summed E-state index contributed by atoms with van der Waals surface area (Å²) in [6.07, 6.45) is 0.395. The number of hydrogen-bond donors (Lipinski definition) is 0. The fourth-order valence-corrected chi connectivity index (χ4v) is 1.76. The molecule has 104 valence electrons. The summed E-state index contributed by atoms with van der Waals surface area (Å²) in [7, 11) is 0. The van der Waals surface area contributed by atoms with Crippen molar-refractivity contribution in [1.82, 2.24) is 4.98 Å². The highest BCUT2D eigenvalue weighted by molar-refractivity contribution is 5.50. The Labute approximate surface area is 115 Å². The van der Waals surface area contributed by atoms with E-state index in [-0.39, 0.29) is 5.92 Å². The molecule has 0 spiro atoms. The molecule has 0 aliphatic carbocycles. The first kappa shape index (κ1) is 14.3. The molecule has 1 atom stereocenters. The van der Waals surface area contributed by atoms with Crippen molar-refractivity contribution in [3.63, 3.8) is 0 Å². The number of pyridine rings is 1. The van der Waals surface area contributed by atoms with Crippen LogP contribution in [0.4, 0.5) is 13.2 Å². The molecule has 2 aromatic rings. The van der Waals surface area contributed by atoms with Crippen molar-refractivity contribution in [3.05, 3.63) is 71.6 Å². The molecule has 0 unspecified atom stereocenters. The van der Waals surface area contributed by atoms with Gasteiger partial charge in [-0.2, -0.15) is 13.2 Å². The van der Waals surface area contributed by atoms with Crippen molar-refractivity contribution < 1.29 is 13.2 Å². The van der Waals surface area contributed by atoms with Gasteiger partial charge in [-0.15, -0.1) is 0 Å². The van der Waals surface area contributed by atoms with E-state index in [1.807, 2.05) is 49.4 Å². The molecule has 1 aromatic carbocycles. The van der Waals surface area contributed by atoms with Gasteiger partial charge in [-0.25, -0.2) is 0 Å². The monoisotopic (exact) mass is 277 g/mol. The number of hydrogen-bond acceptors (Lipinski definition) is 1. The molecule has 1 nitrogen and oxygen atoms in total. The Morgan fingerprint density at radius 1 is 1.05 bits per heavy atom. The normalized spacial score (nSPS) is 13.6. The van der Waals surface area contributed by atoms with Gasteiger partial charge in [-0.3, -0.25) is 4.98 Å². The van der Waals surface area contributed by atoms with Crippen molar-refractivity contribution >= 4 is 6.08 Å². The second-order valence-corrected chi connectivity index (χ2v) is 4.53. The van der Waals surface area contributed by atoms with Crippen LogP contribution in [0.5, 0.6) is 0 Å². The summed E-state index contributed by atoms with van der Waals surface area (Å²) >= 11 is 0. The van der Waals surface area contributed by atoms with Gasteiger partial charge in [0.25, 0.3) is 0 Å². The summed E-state index contributed by atoms with van der Waals surface area (Å²) in [5, 5.41) is 0. The summed E-state index contributed by atoms with van der Waals surface area (Å²) in [4.78, 5) is 3.89. The highest BCUT2D eigenvalue weighted by atomic mass is 19.4. The van der Waals surface area contributed by atoms with Crippen LogP contribution in [0.15, 0.2) is 54.7 Å². The number of halogens is 3. The molecular formula is C16H14F3N. The quantitative estimate of drug-likeness (QED) is 0.776. The molecule has 0 fully saturated rings. The summed E-state index contributed by atoms with van der Waals surface area (Å²) < 4.78 is 37.3. The maximum atomic E-state index is 12.4. The lowest BCUT2D eigenvalue weighted by Crippen LogP contribution is -2.06. The standard InChI is InChI=1S/C16H14F3N/c1-12(7-8-13-5-3-2-4-6-13)15-10-9-14(11-20-15)16(17,18)19/h2-12H,1H3/b8-7+/t12-/m1/s1. The van der Waals surface area contributed by atoms with E-state index in [1.54, 1.807) is 0 Å². The molecule has 2 rings (SSSR count). The first-order valence-electron chi connectivity index (χ1n) is 6.23. The number of allylic oxidation sites excluding steroid dienone is 1. The SMILES string of the molecule is C[C@H](/C=C/c1ccccc1)c1ccc(C(F)(F)F)cn1. The Balaban J connectivity index is 2.10. The minimum atomic E-state index is -4.34. The maximum Gasteiger partial charge on any atom is 0.417 e. The van der Waals surface area contributed by atoms with Gasteiger partial charge in [0.1, 0.15) is 0 Å². The Bertz CT molecular complexity index is 571. The second kappa shape index (κ2) is 5.90. The fraction of sp³-hybridized carbons (Fsp3) is 0.188. The van der Waals surface area contributed by atoms with E-state index in [0.29, 0.717) is 5.69 Å². The van der Waals surface area contributed by atoms with Gasteiger partial charge in [0.05, 0.1) is 5.56 Å². The van der Waals surface area contributed by atoms with Crippen molar-refractivity contribution in [3.8, 4) is 0 Å². The van der Waals surface area contributed by atoms with Crippen LogP contribution in [0, 0.1) is 0 Å². The molecule has 0 bridgehead atoms. The third-order valence-electron chi connectivity index (χ3n) is 2.96. The van der Waals surface area contributed by atoms with Gasteiger partial charge in [-0.05, 0) is 17.7 Å². The number of alkyl halides is 3. The molecule has 1 aromatic heterocycles. The fourth-order valence-electron chi connectivity index (χ4n) is 1.76. The average Bonchev–Trinajstić information content (AvgIpc) is 2.45. The number of benzene rings is 1. The third-order valence-corrected chi connectivity index (χ3v) is 2.96. The smallest absolute Gasteiger partial charge is 0.260 e. The van der Waals surface area contributed by atoms with Crippen LogP contribution in [0.25, 0.3) is 6.08 Å². The van der Waals surface area contributed by atoms with E-state index in [1.165, 1.54) is 6.07 Å². The number of rotatable bonds is 3. The lowest BCUT2D eigenvalue weighted by molar-refractivity contribution is -0.137. The Kier molecular flexibility index (Phi) is 4.23. The van der Waals surface area contributed by atoms with Gasteiger partial charge in [-0.1, -0.05) is 49.4 Å². The molecule has 0 amide bonds. The van der Waals surface area contributed by atoms with Crippen molar-refractivity contribution in [2.24, 2.45) is 0 Å². The predicted octanol–water partition coefficient (Wildman–Crippen LogP) is 4.92. The summed E-state index contributed by atoms with van der Waals surface area (Å²) in [5.74, 6) is -0.0440. The molecule has 0 saturated heterocycles. The third kappa shape index (κ3) is 3.70. The molecule has 20 heavy (non-hydrogen) atoms. The lowest BCUT2D eigenvalue weighted by atomic mass is 10.0. The zero-order valence-electron chi connectivity index (χ0n) is 10.9. The molecule has 0 aliphatic rings. The molecule has 4 heteroatoms. The zero-order chi connectivity index (χ0) is 14.6.